The Labute approximate surface area is 183 Å². The topological polar surface area (TPSA) is 70.8 Å². The van der Waals surface area contributed by atoms with Crippen LogP contribution in [0.15, 0.2) is 46.9 Å². The van der Waals surface area contributed by atoms with Crippen molar-refractivity contribution < 1.29 is 17.6 Å². The predicted molar refractivity (Wildman–Crippen MR) is 123 cm³/mol. The van der Waals surface area contributed by atoms with E-state index in [1.807, 2.05) is 75.3 Å². The zero-order chi connectivity index (χ0) is 22.3. The Morgan fingerprint density at radius 3 is 2.42 bits per heavy atom. The molecule has 31 heavy (non-hydrogen) atoms. The lowest BCUT2D eigenvalue weighted by Gasteiger charge is -2.28. The summed E-state index contributed by atoms with van der Waals surface area (Å²) < 4.78 is 30.3. The fourth-order valence-corrected chi connectivity index (χ4v) is 5.88. The van der Waals surface area contributed by atoms with Crippen LogP contribution in [0.2, 0.25) is 0 Å². The van der Waals surface area contributed by atoms with E-state index >= 15 is 0 Å². The van der Waals surface area contributed by atoms with Crippen molar-refractivity contribution in [3.8, 4) is 0 Å². The highest BCUT2D eigenvalue weighted by molar-refractivity contribution is 7.91. The van der Waals surface area contributed by atoms with Crippen LogP contribution in [0.3, 0.4) is 0 Å². The molecular formula is C24H28N2O4S. The number of fused-ring (bicyclic) bond motifs is 1. The van der Waals surface area contributed by atoms with Crippen LogP contribution in [0.1, 0.15) is 33.7 Å². The SMILES string of the molecule is Cc1ccc2c(C)c(C(=O)N(Cc3ccc(N(C)C)cc3)[C@H]3CCS(=O)(=O)C3)oc2c1. The molecule has 3 aromatic rings. The molecule has 1 amide bonds. The van der Waals surface area contributed by atoms with E-state index in [2.05, 4.69) is 0 Å². The minimum Gasteiger partial charge on any atom is -0.451 e. The van der Waals surface area contributed by atoms with Crippen molar-refractivity contribution in [2.24, 2.45) is 0 Å². The monoisotopic (exact) mass is 440 g/mol. The maximum atomic E-state index is 13.6. The molecule has 2 aromatic carbocycles. The largest absolute Gasteiger partial charge is 0.451 e. The van der Waals surface area contributed by atoms with E-state index < -0.39 is 9.84 Å². The number of carbonyl (C=O) groups is 1. The van der Waals surface area contributed by atoms with Crippen molar-refractivity contribution in [1.29, 1.82) is 0 Å². The first kappa shape index (κ1) is 21.4. The molecule has 1 aliphatic rings. The summed E-state index contributed by atoms with van der Waals surface area (Å²) in [4.78, 5) is 17.3. The van der Waals surface area contributed by atoms with Gasteiger partial charge in [0, 0.05) is 43.3 Å². The molecule has 0 N–H and O–H groups in total. The van der Waals surface area contributed by atoms with Gasteiger partial charge < -0.3 is 14.2 Å². The number of benzene rings is 2. The summed E-state index contributed by atoms with van der Waals surface area (Å²) in [6, 6.07) is 13.5. The van der Waals surface area contributed by atoms with Gasteiger partial charge in [-0.1, -0.05) is 24.3 Å². The number of amides is 1. The first-order chi connectivity index (χ1) is 14.6. The molecule has 164 valence electrons. The van der Waals surface area contributed by atoms with Gasteiger partial charge in [0.15, 0.2) is 15.6 Å². The minimum absolute atomic E-state index is 0.00704. The van der Waals surface area contributed by atoms with E-state index in [9.17, 15) is 13.2 Å². The number of hydrogen-bond donors (Lipinski definition) is 0. The normalized spacial score (nSPS) is 17.7. The van der Waals surface area contributed by atoms with Crippen LogP contribution in [0.25, 0.3) is 11.0 Å². The summed E-state index contributed by atoms with van der Waals surface area (Å²) >= 11 is 0. The van der Waals surface area contributed by atoms with Crippen LogP contribution < -0.4 is 4.90 Å². The molecule has 0 saturated carbocycles. The molecule has 4 rings (SSSR count). The summed E-state index contributed by atoms with van der Waals surface area (Å²) in [5, 5.41) is 0.906. The highest BCUT2D eigenvalue weighted by Gasteiger charge is 2.36. The number of sulfone groups is 1. The van der Waals surface area contributed by atoms with E-state index in [-0.39, 0.29) is 29.2 Å². The first-order valence-corrected chi connectivity index (χ1v) is 12.2. The van der Waals surface area contributed by atoms with Crippen LogP contribution in [0.4, 0.5) is 5.69 Å². The van der Waals surface area contributed by atoms with Gasteiger partial charge in [-0.2, -0.15) is 0 Å². The van der Waals surface area contributed by atoms with Crippen LogP contribution in [-0.2, 0) is 16.4 Å². The Morgan fingerprint density at radius 1 is 1.10 bits per heavy atom. The Bertz CT molecular complexity index is 1230. The minimum atomic E-state index is -3.14. The van der Waals surface area contributed by atoms with Gasteiger partial charge in [0.1, 0.15) is 5.58 Å². The molecular weight excluding hydrogens is 412 g/mol. The van der Waals surface area contributed by atoms with E-state index in [0.717, 1.165) is 27.8 Å². The summed E-state index contributed by atoms with van der Waals surface area (Å²) in [7, 11) is 0.807. The van der Waals surface area contributed by atoms with Crippen molar-refractivity contribution in [3.05, 3.63) is 64.9 Å². The highest BCUT2D eigenvalue weighted by atomic mass is 32.2. The molecule has 0 unspecified atom stereocenters. The van der Waals surface area contributed by atoms with Crippen LogP contribution in [-0.4, -0.2) is 50.9 Å². The third kappa shape index (κ3) is 4.32. The maximum Gasteiger partial charge on any atom is 0.290 e. The zero-order valence-corrected chi connectivity index (χ0v) is 19.2. The summed E-state index contributed by atoms with van der Waals surface area (Å²) in [5.41, 5.74) is 4.53. The molecule has 0 radical (unpaired) electrons. The quantitative estimate of drug-likeness (QED) is 0.601. The van der Waals surface area contributed by atoms with Crippen molar-refractivity contribution >= 4 is 32.4 Å². The van der Waals surface area contributed by atoms with Gasteiger partial charge in [0.2, 0.25) is 0 Å². The summed E-state index contributed by atoms with van der Waals surface area (Å²) in [5.74, 6) is 0.131. The van der Waals surface area contributed by atoms with Gasteiger partial charge in [-0.3, -0.25) is 4.79 Å². The maximum absolute atomic E-state index is 13.6. The van der Waals surface area contributed by atoms with Crippen molar-refractivity contribution in [3.63, 3.8) is 0 Å². The second kappa shape index (κ2) is 8.04. The molecule has 0 spiro atoms. The molecule has 2 heterocycles. The fourth-order valence-electron chi connectivity index (χ4n) is 4.15. The van der Waals surface area contributed by atoms with Gasteiger partial charge in [0.25, 0.3) is 5.91 Å². The number of furan rings is 1. The number of carbonyl (C=O) groups excluding carboxylic acids is 1. The zero-order valence-electron chi connectivity index (χ0n) is 18.4. The number of aryl methyl sites for hydroxylation is 2. The molecule has 1 aromatic heterocycles. The lowest BCUT2D eigenvalue weighted by atomic mass is 10.1. The van der Waals surface area contributed by atoms with E-state index in [4.69, 9.17) is 4.42 Å². The third-order valence-electron chi connectivity index (χ3n) is 6.00. The Balaban J connectivity index is 1.70. The summed E-state index contributed by atoms with van der Waals surface area (Å²) in [6.07, 6.45) is 0.447. The standard InChI is InChI=1S/C24H28N2O4S/c1-16-5-10-21-17(2)23(30-22(21)13-16)24(27)26(20-11-12-31(28,29)15-20)14-18-6-8-19(9-7-18)25(3)4/h5-10,13,20H,11-12,14-15H2,1-4H3/t20-/m0/s1. The van der Waals surface area contributed by atoms with E-state index in [1.54, 1.807) is 4.90 Å². The molecule has 1 atom stereocenters. The molecule has 6 nitrogen and oxygen atoms in total. The number of hydrogen-bond acceptors (Lipinski definition) is 5. The molecule has 1 saturated heterocycles. The molecule has 0 aliphatic carbocycles. The summed E-state index contributed by atoms with van der Waals surface area (Å²) in [6.45, 7) is 4.19. The highest BCUT2D eigenvalue weighted by Crippen LogP contribution is 2.30. The van der Waals surface area contributed by atoms with E-state index in [1.165, 1.54) is 0 Å². The van der Waals surface area contributed by atoms with Crippen molar-refractivity contribution in [1.82, 2.24) is 4.90 Å². The average molecular weight is 441 g/mol. The van der Waals surface area contributed by atoms with Crippen molar-refractivity contribution in [2.45, 2.75) is 32.9 Å². The lowest BCUT2D eigenvalue weighted by molar-refractivity contribution is 0.0649. The Kier molecular flexibility index (Phi) is 5.56. The van der Waals surface area contributed by atoms with Crippen LogP contribution in [0.5, 0.6) is 0 Å². The lowest BCUT2D eigenvalue weighted by Crippen LogP contribution is -2.40. The predicted octanol–water partition coefficient (Wildman–Crippen LogP) is 3.95. The first-order valence-electron chi connectivity index (χ1n) is 10.4. The van der Waals surface area contributed by atoms with Gasteiger partial charge >= 0.3 is 0 Å². The van der Waals surface area contributed by atoms with Crippen LogP contribution >= 0.6 is 0 Å². The Morgan fingerprint density at radius 2 is 1.81 bits per heavy atom. The smallest absolute Gasteiger partial charge is 0.290 e. The molecule has 7 heteroatoms. The van der Waals surface area contributed by atoms with Crippen LogP contribution in [0, 0.1) is 13.8 Å². The molecule has 1 aliphatic heterocycles. The Hall–Kier alpha value is -2.80. The second-order valence-electron chi connectivity index (χ2n) is 8.61. The van der Waals surface area contributed by atoms with Gasteiger partial charge in [-0.05, 0) is 49.6 Å². The van der Waals surface area contributed by atoms with E-state index in [0.29, 0.717) is 18.5 Å². The molecule has 1 fully saturated rings. The molecule has 0 bridgehead atoms. The van der Waals surface area contributed by atoms with Gasteiger partial charge in [-0.15, -0.1) is 0 Å². The second-order valence-corrected chi connectivity index (χ2v) is 10.8. The number of anilines is 1. The van der Waals surface area contributed by atoms with Gasteiger partial charge in [0.05, 0.1) is 11.5 Å². The fraction of sp³-hybridized carbons (Fsp3) is 0.375. The average Bonchev–Trinajstić information content (AvgIpc) is 3.24. The van der Waals surface area contributed by atoms with Crippen molar-refractivity contribution in [2.75, 3.05) is 30.5 Å². The third-order valence-corrected chi connectivity index (χ3v) is 7.75. The number of rotatable bonds is 5. The number of nitrogens with zero attached hydrogens (tertiary/aromatic N) is 2. The van der Waals surface area contributed by atoms with Gasteiger partial charge in [-0.25, -0.2) is 8.42 Å².